The van der Waals surface area contributed by atoms with Crippen LogP contribution in [-0.2, 0) is 4.74 Å². The van der Waals surface area contributed by atoms with Crippen molar-refractivity contribution >= 4 is 0 Å². The number of aliphatic hydroxyl groups is 1. The predicted octanol–water partition coefficient (Wildman–Crippen LogP) is 0.929. The van der Waals surface area contributed by atoms with Crippen molar-refractivity contribution in [2.24, 2.45) is 0 Å². The van der Waals surface area contributed by atoms with Gasteiger partial charge in [-0.05, 0) is 32.5 Å². The average molecular weight is 223 g/mol. The summed E-state index contributed by atoms with van der Waals surface area (Å²) >= 11 is 0. The van der Waals surface area contributed by atoms with E-state index in [1.165, 1.54) is 32.5 Å². The molecule has 0 aromatic carbocycles. The van der Waals surface area contributed by atoms with Crippen LogP contribution in [0, 0.1) is 0 Å². The van der Waals surface area contributed by atoms with Gasteiger partial charge in [-0.3, -0.25) is 0 Å². The van der Waals surface area contributed by atoms with Gasteiger partial charge < -0.3 is 20.2 Å². The van der Waals surface area contributed by atoms with Crippen molar-refractivity contribution in [3.63, 3.8) is 0 Å². The van der Waals surface area contributed by atoms with Gasteiger partial charge >= 0.3 is 0 Å². The molecule has 0 aromatic rings. The molecule has 0 aromatic heterocycles. The van der Waals surface area contributed by atoms with Crippen LogP contribution in [0.1, 0.15) is 33.6 Å². The third-order valence-electron chi connectivity index (χ3n) is 2.17. The fraction of sp³-hybridized carbons (Fsp3) is 1.00. The molecule has 4 nitrogen and oxygen atoms in total. The number of ether oxygens (including phenoxy) is 1. The lowest BCUT2D eigenvalue weighted by molar-refractivity contribution is 0.198. The van der Waals surface area contributed by atoms with Gasteiger partial charge in [0.25, 0.3) is 0 Å². The van der Waals surface area contributed by atoms with Crippen LogP contribution in [0.5, 0.6) is 0 Å². The minimum Gasteiger partial charge on any atom is -0.412 e. The van der Waals surface area contributed by atoms with Crippen molar-refractivity contribution in [2.45, 2.75) is 33.6 Å². The highest BCUT2D eigenvalue weighted by Gasteiger charge is 1.94. The maximum Gasteiger partial charge on any atom is 0.0466 e. The Morgan fingerprint density at radius 2 is 1.27 bits per heavy atom. The molecule has 1 aliphatic heterocycles. The lowest BCUT2D eigenvalue weighted by atomic mass is 10.4. The molecule has 0 saturated carbocycles. The fourth-order valence-corrected chi connectivity index (χ4v) is 1.18. The highest BCUT2D eigenvalue weighted by atomic mass is 16.5. The fourth-order valence-electron chi connectivity index (χ4n) is 1.18. The number of hydrogen-bond acceptors (Lipinski definition) is 3. The number of nitrogens with zero attached hydrogens (tertiary/aromatic N) is 1. The first-order valence-corrected chi connectivity index (χ1v) is 5.59. The second-order valence-electron chi connectivity index (χ2n) is 2.94. The SMILES string of the molecule is C1CCOC1.CCN(CC)CC.CO.O. The van der Waals surface area contributed by atoms with Gasteiger partial charge in [0, 0.05) is 20.3 Å². The molecular formula is C11H29NO3. The molecule has 1 rings (SSSR count). The van der Waals surface area contributed by atoms with Crippen LogP contribution >= 0.6 is 0 Å². The Hall–Kier alpha value is -0.160. The Bertz CT molecular complexity index is 70.8. The summed E-state index contributed by atoms with van der Waals surface area (Å²) in [6.07, 6.45) is 2.56. The smallest absolute Gasteiger partial charge is 0.0466 e. The molecule has 0 atom stereocenters. The number of hydrogen-bond donors (Lipinski definition) is 1. The topological polar surface area (TPSA) is 64.2 Å². The molecule has 0 spiro atoms. The van der Waals surface area contributed by atoms with Crippen LogP contribution in [0.25, 0.3) is 0 Å². The summed E-state index contributed by atoms with van der Waals surface area (Å²) in [4.78, 5) is 2.38. The van der Waals surface area contributed by atoms with Crippen molar-refractivity contribution in [3.05, 3.63) is 0 Å². The molecule has 15 heavy (non-hydrogen) atoms. The van der Waals surface area contributed by atoms with Crippen molar-refractivity contribution < 1.29 is 15.3 Å². The van der Waals surface area contributed by atoms with Gasteiger partial charge in [-0.2, -0.15) is 0 Å². The Morgan fingerprint density at radius 1 is 0.933 bits per heavy atom. The number of rotatable bonds is 3. The third kappa shape index (κ3) is 16.5. The van der Waals surface area contributed by atoms with Gasteiger partial charge in [-0.1, -0.05) is 20.8 Å². The van der Waals surface area contributed by atoms with E-state index < -0.39 is 0 Å². The maximum atomic E-state index is 7.00. The first-order chi connectivity index (χ1) is 6.85. The van der Waals surface area contributed by atoms with Crippen LogP contribution in [0.2, 0.25) is 0 Å². The van der Waals surface area contributed by atoms with Gasteiger partial charge in [0.1, 0.15) is 0 Å². The minimum atomic E-state index is 0. The summed E-state index contributed by atoms with van der Waals surface area (Å²) in [5.74, 6) is 0. The Morgan fingerprint density at radius 3 is 1.33 bits per heavy atom. The molecule has 1 aliphatic rings. The zero-order valence-corrected chi connectivity index (χ0v) is 10.8. The van der Waals surface area contributed by atoms with Crippen molar-refractivity contribution in [3.8, 4) is 0 Å². The van der Waals surface area contributed by atoms with E-state index >= 15 is 0 Å². The first-order valence-electron chi connectivity index (χ1n) is 5.59. The second-order valence-corrected chi connectivity index (χ2v) is 2.94. The maximum absolute atomic E-state index is 7.00. The average Bonchev–Trinajstić information content (AvgIpc) is 2.82. The summed E-state index contributed by atoms with van der Waals surface area (Å²) in [6, 6.07) is 0. The summed E-state index contributed by atoms with van der Waals surface area (Å²) in [5, 5.41) is 7.00. The van der Waals surface area contributed by atoms with Gasteiger partial charge in [0.2, 0.25) is 0 Å². The third-order valence-corrected chi connectivity index (χ3v) is 2.17. The molecular weight excluding hydrogens is 194 g/mol. The molecule has 1 heterocycles. The standard InChI is InChI=1S/C6H15N.C4H8O.CH4O.H2O/c1-4-7(5-2)6-3;1-2-4-5-3-1;1-2;/h4-6H2,1-3H3;1-4H2;2H,1H3;1H2. The summed E-state index contributed by atoms with van der Waals surface area (Å²) < 4.78 is 4.94. The van der Waals surface area contributed by atoms with E-state index in [1.54, 1.807) is 0 Å². The van der Waals surface area contributed by atoms with Crippen molar-refractivity contribution in [1.82, 2.24) is 4.90 Å². The quantitative estimate of drug-likeness (QED) is 0.774. The lowest BCUT2D eigenvalue weighted by Gasteiger charge is -2.13. The van der Waals surface area contributed by atoms with Crippen LogP contribution in [-0.4, -0.2) is 55.4 Å². The summed E-state index contributed by atoms with van der Waals surface area (Å²) in [7, 11) is 1.00. The summed E-state index contributed by atoms with van der Waals surface area (Å²) in [6.45, 7) is 12.1. The molecule has 1 saturated heterocycles. The van der Waals surface area contributed by atoms with Crippen molar-refractivity contribution in [2.75, 3.05) is 40.0 Å². The molecule has 3 N–H and O–H groups in total. The molecule has 0 amide bonds. The van der Waals surface area contributed by atoms with Gasteiger partial charge in [-0.25, -0.2) is 0 Å². The van der Waals surface area contributed by atoms with E-state index in [-0.39, 0.29) is 5.48 Å². The van der Waals surface area contributed by atoms with E-state index in [9.17, 15) is 0 Å². The Labute approximate surface area is 94.5 Å². The van der Waals surface area contributed by atoms with E-state index in [1.807, 2.05) is 0 Å². The zero-order chi connectivity index (χ0) is 11.2. The molecule has 96 valence electrons. The highest BCUT2D eigenvalue weighted by Crippen LogP contribution is 1.98. The van der Waals surface area contributed by atoms with Crippen LogP contribution in [0.4, 0.5) is 0 Å². The summed E-state index contributed by atoms with van der Waals surface area (Å²) in [5.41, 5.74) is 0. The lowest BCUT2D eigenvalue weighted by Crippen LogP contribution is -2.21. The van der Waals surface area contributed by atoms with Crippen LogP contribution in [0.3, 0.4) is 0 Å². The molecule has 0 aliphatic carbocycles. The largest absolute Gasteiger partial charge is 0.412 e. The van der Waals surface area contributed by atoms with Gasteiger partial charge in [0.15, 0.2) is 0 Å². The highest BCUT2D eigenvalue weighted by molar-refractivity contribution is 4.44. The Balaban J connectivity index is -0.000000159. The number of aliphatic hydroxyl groups excluding tert-OH is 1. The van der Waals surface area contributed by atoms with E-state index in [4.69, 9.17) is 9.84 Å². The monoisotopic (exact) mass is 223 g/mol. The molecule has 0 radical (unpaired) electrons. The molecule has 4 heteroatoms. The normalized spacial score (nSPS) is 13.2. The van der Waals surface area contributed by atoms with E-state index in [0.717, 1.165) is 20.3 Å². The van der Waals surface area contributed by atoms with Crippen LogP contribution < -0.4 is 0 Å². The minimum absolute atomic E-state index is 0. The first kappa shape index (κ1) is 20.3. The molecule has 0 unspecified atom stereocenters. The van der Waals surface area contributed by atoms with Crippen molar-refractivity contribution in [1.29, 1.82) is 0 Å². The van der Waals surface area contributed by atoms with E-state index in [2.05, 4.69) is 25.7 Å². The zero-order valence-electron chi connectivity index (χ0n) is 10.8. The van der Waals surface area contributed by atoms with Gasteiger partial charge in [0.05, 0.1) is 0 Å². The Kier molecular flexibility index (Phi) is 26.2. The van der Waals surface area contributed by atoms with Gasteiger partial charge in [-0.15, -0.1) is 0 Å². The molecule has 1 fully saturated rings. The van der Waals surface area contributed by atoms with Crippen LogP contribution in [0.15, 0.2) is 0 Å². The second kappa shape index (κ2) is 19.4. The van der Waals surface area contributed by atoms with E-state index in [0.29, 0.717) is 0 Å². The predicted molar refractivity (Wildman–Crippen MR) is 65.3 cm³/mol. The molecule has 0 bridgehead atoms.